The minimum Gasteiger partial charge on any atom is -0.496 e. The zero-order chi connectivity index (χ0) is 12.9. The molecule has 0 aliphatic rings. The molecule has 1 N–H and O–H groups in total. The standard InChI is InChI=1S/C13H18ClNO2/c1-13(2,8-14)9-15-12(16)10-6-4-5-7-11(10)17-3/h4-7H,8-9H2,1-3H3,(H,15,16). The summed E-state index contributed by atoms with van der Waals surface area (Å²) < 4.78 is 5.14. The third kappa shape index (κ3) is 3.93. The van der Waals surface area contributed by atoms with Crippen LogP contribution >= 0.6 is 11.6 Å². The van der Waals surface area contributed by atoms with Crippen molar-refractivity contribution in [1.82, 2.24) is 5.32 Å². The maximum Gasteiger partial charge on any atom is 0.255 e. The number of rotatable bonds is 5. The van der Waals surface area contributed by atoms with Crippen LogP contribution in [-0.4, -0.2) is 25.4 Å². The first-order chi connectivity index (χ1) is 8.00. The average Bonchev–Trinajstić information content (AvgIpc) is 2.36. The lowest BCUT2D eigenvalue weighted by molar-refractivity contribution is 0.0937. The zero-order valence-electron chi connectivity index (χ0n) is 10.4. The summed E-state index contributed by atoms with van der Waals surface area (Å²) in [5.74, 6) is 0.938. The lowest BCUT2D eigenvalue weighted by atomic mass is 9.96. The second kappa shape index (κ2) is 5.92. The molecule has 0 saturated carbocycles. The second-order valence-corrected chi connectivity index (χ2v) is 4.95. The van der Waals surface area contributed by atoms with E-state index in [2.05, 4.69) is 5.32 Å². The van der Waals surface area contributed by atoms with Crippen LogP contribution in [0.3, 0.4) is 0 Å². The monoisotopic (exact) mass is 255 g/mol. The van der Waals surface area contributed by atoms with Crippen molar-refractivity contribution in [2.45, 2.75) is 13.8 Å². The van der Waals surface area contributed by atoms with Crippen molar-refractivity contribution in [3.8, 4) is 5.75 Å². The molecule has 0 aromatic heterocycles. The summed E-state index contributed by atoms with van der Waals surface area (Å²) in [6.07, 6.45) is 0. The third-order valence-corrected chi connectivity index (χ3v) is 3.16. The molecule has 0 radical (unpaired) electrons. The minimum absolute atomic E-state index is 0.112. The summed E-state index contributed by atoms with van der Waals surface area (Å²) >= 11 is 5.81. The van der Waals surface area contributed by atoms with Gasteiger partial charge in [-0.3, -0.25) is 4.79 Å². The number of carbonyl (C=O) groups excluding carboxylic acids is 1. The molecule has 94 valence electrons. The number of ether oxygens (including phenoxy) is 1. The Kier molecular flexibility index (Phi) is 4.82. The molecule has 0 atom stereocenters. The number of alkyl halides is 1. The quantitative estimate of drug-likeness (QED) is 0.822. The number of hydrogen-bond acceptors (Lipinski definition) is 2. The molecule has 4 heteroatoms. The van der Waals surface area contributed by atoms with Crippen LogP contribution in [0.1, 0.15) is 24.2 Å². The molecule has 0 unspecified atom stereocenters. The summed E-state index contributed by atoms with van der Waals surface area (Å²) in [5.41, 5.74) is 0.430. The number of benzene rings is 1. The van der Waals surface area contributed by atoms with Crippen LogP contribution in [0.2, 0.25) is 0 Å². The van der Waals surface area contributed by atoms with Crippen molar-refractivity contribution < 1.29 is 9.53 Å². The normalized spacial score (nSPS) is 11.1. The Bertz CT molecular complexity index is 391. The van der Waals surface area contributed by atoms with Crippen LogP contribution in [-0.2, 0) is 0 Å². The summed E-state index contributed by atoms with van der Waals surface area (Å²) in [6.45, 7) is 4.54. The Labute approximate surface area is 107 Å². The molecule has 0 aliphatic carbocycles. The second-order valence-electron chi connectivity index (χ2n) is 4.68. The molecule has 3 nitrogen and oxygen atoms in total. The van der Waals surface area contributed by atoms with Gasteiger partial charge in [-0.15, -0.1) is 11.6 Å². The number of carbonyl (C=O) groups is 1. The molecule has 1 amide bonds. The average molecular weight is 256 g/mol. The van der Waals surface area contributed by atoms with Gasteiger partial charge in [-0.2, -0.15) is 0 Å². The Morgan fingerprint density at radius 3 is 2.65 bits per heavy atom. The molecule has 1 rings (SSSR count). The first kappa shape index (κ1) is 13.8. The Morgan fingerprint density at radius 2 is 2.06 bits per heavy atom. The molecule has 0 fully saturated rings. The van der Waals surface area contributed by atoms with Crippen molar-refractivity contribution in [2.24, 2.45) is 5.41 Å². The smallest absolute Gasteiger partial charge is 0.255 e. The SMILES string of the molecule is COc1ccccc1C(=O)NCC(C)(C)CCl. The van der Waals surface area contributed by atoms with Gasteiger partial charge in [0, 0.05) is 12.4 Å². The summed E-state index contributed by atoms with van der Waals surface area (Å²) in [5, 5.41) is 2.86. The highest BCUT2D eigenvalue weighted by atomic mass is 35.5. The van der Waals surface area contributed by atoms with Crippen molar-refractivity contribution in [2.75, 3.05) is 19.5 Å². The van der Waals surface area contributed by atoms with Gasteiger partial charge in [0.1, 0.15) is 5.75 Å². The predicted molar refractivity (Wildman–Crippen MR) is 69.8 cm³/mol. The molecule has 0 heterocycles. The van der Waals surface area contributed by atoms with Gasteiger partial charge < -0.3 is 10.1 Å². The number of halogens is 1. The molecular formula is C13H18ClNO2. The largest absolute Gasteiger partial charge is 0.496 e. The molecular weight excluding hydrogens is 238 g/mol. The Balaban J connectivity index is 2.70. The fourth-order valence-electron chi connectivity index (χ4n) is 1.29. The van der Waals surface area contributed by atoms with Crippen molar-refractivity contribution in [3.05, 3.63) is 29.8 Å². The van der Waals surface area contributed by atoms with E-state index in [0.29, 0.717) is 23.7 Å². The highest BCUT2D eigenvalue weighted by Crippen LogP contribution is 2.19. The first-order valence-electron chi connectivity index (χ1n) is 5.47. The van der Waals surface area contributed by atoms with Crippen LogP contribution in [0, 0.1) is 5.41 Å². The van der Waals surface area contributed by atoms with E-state index in [1.54, 1.807) is 19.2 Å². The van der Waals surface area contributed by atoms with Crippen molar-refractivity contribution >= 4 is 17.5 Å². The fraction of sp³-hybridized carbons (Fsp3) is 0.462. The minimum atomic E-state index is -0.138. The molecule has 1 aromatic carbocycles. The van der Waals surface area contributed by atoms with E-state index in [4.69, 9.17) is 16.3 Å². The van der Waals surface area contributed by atoms with Gasteiger partial charge in [-0.25, -0.2) is 0 Å². The molecule has 1 aromatic rings. The molecule has 0 bridgehead atoms. The maximum atomic E-state index is 12.0. The van der Waals surface area contributed by atoms with Gasteiger partial charge in [0.25, 0.3) is 5.91 Å². The van der Waals surface area contributed by atoms with E-state index < -0.39 is 0 Å². The first-order valence-corrected chi connectivity index (χ1v) is 6.01. The summed E-state index contributed by atoms with van der Waals surface area (Å²) in [7, 11) is 1.55. The van der Waals surface area contributed by atoms with Crippen LogP contribution < -0.4 is 10.1 Å². The lowest BCUT2D eigenvalue weighted by Crippen LogP contribution is -2.35. The van der Waals surface area contributed by atoms with Crippen molar-refractivity contribution in [3.63, 3.8) is 0 Å². The Morgan fingerprint density at radius 1 is 1.41 bits per heavy atom. The molecule has 0 aliphatic heterocycles. The Hall–Kier alpha value is -1.22. The molecule has 0 spiro atoms. The van der Waals surface area contributed by atoms with Crippen LogP contribution in [0.4, 0.5) is 0 Å². The third-order valence-electron chi connectivity index (χ3n) is 2.44. The van der Waals surface area contributed by atoms with E-state index in [0.717, 1.165) is 0 Å². The van der Waals surface area contributed by atoms with Gasteiger partial charge in [-0.1, -0.05) is 26.0 Å². The highest BCUT2D eigenvalue weighted by Gasteiger charge is 2.19. The van der Waals surface area contributed by atoms with Crippen LogP contribution in [0.15, 0.2) is 24.3 Å². The van der Waals surface area contributed by atoms with E-state index in [9.17, 15) is 4.79 Å². The van der Waals surface area contributed by atoms with Gasteiger partial charge in [0.15, 0.2) is 0 Å². The van der Waals surface area contributed by atoms with Gasteiger partial charge in [0.2, 0.25) is 0 Å². The maximum absolute atomic E-state index is 12.0. The van der Waals surface area contributed by atoms with Gasteiger partial charge in [-0.05, 0) is 17.5 Å². The van der Waals surface area contributed by atoms with Gasteiger partial charge >= 0.3 is 0 Å². The number of amides is 1. The predicted octanol–water partition coefficient (Wildman–Crippen LogP) is 2.69. The molecule has 17 heavy (non-hydrogen) atoms. The molecule has 0 saturated heterocycles. The number of nitrogens with one attached hydrogen (secondary N) is 1. The summed E-state index contributed by atoms with van der Waals surface area (Å²) in [6, 6.07) is 7.14. The van der Waals surface area contributed by atoms with Crippen LogP contribution in [0.5, 0.6) is 5.75 Å². The van der Waals surface area contributed by atoms with E-state index >= 15 is 0 Å². The van der Waals surface area contributed by atoms with Crippen molar-refractivity contribution in [1.29, 1.82) is 0 Å². The van der Waals surface area contributed by atoms with Crippen LogP contribution in [0.25, 0.3) is 0 Å². The lowest BCUT2D eigenvalue weighted by Gasteiger charge is -2.21. The topological polar surface area (TPSA) is 38.3 Å². The highest BCUT2D eigenvalue weighted by molar-refractivity contribution is 6.18. The fourth-order valence-corrected chi connectivity index (χ4v) is 1.39. The van der Waals surface area contributed by atoms with E-state index in [1.807, 2.05) is 26.0 Å². The number of hydrogen-bond donors (Lipinski definition) is 1. The summed E-state index contributed by atoms with van der Waals surface area (Å²) in [4.78, 5) is 12.0. The van der Waals surface area contributed by atoms with E-state index in [1.165, 1.54) is 0 Å². The number of methoxy groups -OCH3 is 1. The number of para-hydroxylation sites is 1. The van der Waals surface area contributed by atoms with Gasteiger partial charge in [0.05, 0.1) is 12.7 Å². The van der Waals surface area contributed by atoms with E-state index in [-0.39, 0.29) is 11.3 Å². The zero-order valence-corrected chi connectivity index (χ0v) is 11.2.